The lowest BCUT2D eigenvalue weighted by Crippen LogP contribution is -2.56. The number of amides is 6. The number of nitrogens with one attached hydrogen (secondary N) is 5. The minimum Gasteiger partial charge on any atom is -0.344 e. The number of aryl methyl sites for hydroxylation is 4. The molecule has 0 spiro atoms. The molecule has 0 bridgehead atoms. The average Bonchev–Trinajstić information content (AvgIpc) is 4.35. The quantitative estimate of drug-likeness (QED) is 0.0448. The van der Waals surface area contributed by atoms with E-state index in [2.05, 4.69) is 71.5 Å². The second kappa shape index (κ2) is 27.3. The minimum absolute atomic E-state index is 0.0259. The highest BCUT2D eigenvalue weighted by Gasteiger charge is 2.47. The maximum absolute atomic E-state index is 14.2. The Morgan fingerprint density at radius 1 is 0.562 bits per heavy atom. The van der Waals surface area contributed by atoms with Gasteiger partial charge in [0.1, 0.15) is 35.6 Å². The number of likely N-dealkylation sites (N-methyl/N-ethyl adjacent to an activating group) is 1. The van der Waals surface area contributed by atoms with Crippen LogP contribution in [0.15, 0.2) is 97.3 Å². The Bertz CT molecular complexity index is 2680. The zero-order valence-corrected chi connectivity index (χ0v) is 47.0. The number of rotatable bonds is 24. The normalized spacial score (nSPS) is 22.5. The number of benzene rings is 3. The van der Waals surface area contributed by atoms with Crippen LogP contribution in [0.3, 0.4) is 0 Å². The van der Waals surface area contributed by atoms with E-state index in [1.54, 1.807) is 23.8 Å². The van der Waals surface area contributed by atoms with Crippen LogP contribution in [0.1, 0.15) is 163 Å². The monoisotopic (exact) mass is 1090 g/mol. The van der Waals surface area contributed by atoms with Crippen molar-refractivity contribution in [1.29, 1.82) is 0 Å². The van der Waals surface area contributed by atoms with Crippen LogP contribution in [0.5, 0.6) is 0 Å². The molecule has 2 aromatic heterocycles. The highest BCUT2D eigenvalue weighted by atomic mass is 16.2. The van der Waals surface area contributed by atoms with Gasteiger partial charge in [0, 0.05) is 31.1 Å². The molecule has 6 heterocycles. The highest BCUT2D eigenvalue weighted by Crippen LogP contribution is 2.35. The van der Waals surface area contributed by atoms with Gasteiger partial charge in [0.15, 0.2) is 0 Å². The number of hydrogen-bond donors (Lipinski definition) is 5. The first-order chi connectivity index (χ1) is 38.9. The van der Waals surface area contributed by atoms with Crippen molar-refractivity contribution in [2.75, 3.05) is 7.05 Å². The van der Waals surface area contributed by atoms with Gasteiger partial charge in [0.05, 0.1) is 30.5 Å². The van der Waals surface area contributed by atoms with E-state index in [0.717, 1.165) is 88.2 Å². The standard InChI is InChI=1S/C61H81N13O6/c1-5-40(2)56(75)63-48-26-16-24-46-32-34-52(73(46)60(48)79)58(77)65-54(44-20-8-6-9-21-44)50-38-71(69-67-50)36-14-12-18-42-28-30-43(31-29-42)19-13-15-37-72-39-51(68-70-72)55(45-22-10-7-11-23-45)66-59(78)53-35-33-47-25-17-27-49(61(80)74(47)53)64-57(76)41(3)62-4/h6-11,20-23,28-31,38-41,46-49,52-55,62H,5,12-19,24-27,32-37H2,1-4H3,(H,63,75)(H,64,76)(H,65,77)(H,66,78)/t40-,41+,46?,47?,48?,49?,52+,53?,54+,55+/m1/s1. The highest BCUT2D eigenvalue weighted by molar-refractivity contribution is 5.95. The van der Waals surface area contributed by atoms with Crippen molar-refractivity contribution in [2.45, 2.75) is 197 Å². The lowest BCUT2D eigenvalue weighted by Gasteiger charge is -2.31. The smallest absolute Gasteiger partial charge is 0.246 e. The van der Waals surface area contributed by atoms with Gasteiger partial charge in [-0.25, -0.2) is 0 Å². The summed E-state index contributed by atoms with van der Waals surface area (Å²) in [5, 5.41) is 33.3. The molecule has 5 aromatic rings. The molecule has 10 atom stereocenters. The molecule has 0 aliphatic carbocycles. The Hall–Kier alpha value is -7.28. The second-order valence-corrected chi connectivity index (χ2v) is 22.5. The van der Waals surface area contributed by atoms with E-state index in [0.29, 0.717) is 56.6 Å². The molecule has 9 rings (SSSR count). The molecule has 80 heavy (non-hydrogen) atoms. The predicted octanol–water partition coefficient (Wildman–Crippen LogP) is 6.04. The molecule has 19 nitrogen and oxygen atoms in total. The van der Waals surface area contributed by atoms with Gasteiger partial charge in [-0.3, -0.25) is 38.1 Å². The minimum atomic E-state index is -0.668. The topological polar surface area (TPSA) is 230 Å². The fourth-order valence-corrected chi connectivity index (χ4v) is 12.0. The summed E-state index contributed by atoms with van der Waals surface area (Å²) in [5.74, 6) is -1.37. The first kappa shape index (κ1) is 57.4. The zero-order chi connectivity index (χ0) is 56.1. The Balaban J connectivity index is 0.729. The number of fused-ring (bicyclic) bond motifs is 2. The molecule has 4 aliphatic heterocycles. The van der Waals surface area contributed by atoms with Crippen LogP contribution in [0, 0.1) is 5.92 Å². The van der Waals surface area contributed by atoms with E-state index in [1.807, 2.05) is 96.3 Å². The molecular weight excluding hydrogens is 1010 g/mol. The number of carbonyl (C=O) groups excluding carboxylic acids is 6. The molecule has 4 saturated heterocycles. The second-order valence-electron chi connectivity index (χ2n) is 22.5. The molecule has 3 aromatic carbocycles. The lowest BCUT2D eigenvalue weighted by molar-refractivity contribution is -0.143. The Labute approximate surface area is 470 Å². The molecule has 4 aliphatic rings. The van der Waals surface area contributed by atoms with Gasteiger partial charge >= 0.3 is 0 Å². The third-order valence-electron chi connectivity index (χ3n) is 17.1. The molecule has 426 valence electrons. The summed E-state index contributed by atoms with van der Waals surface area (Å²) in [4.78, 5) is 85.4. The van der Waals surface area contributed by atoms with Gasteiger partial charge in [-0.1, -0.05) is 109 Å². The van der Waals surface area contributed by atoms with Crippen molar-refractivity contribution in [2.24, 2.45) is 5.92 Å². The predicted molar refractivity (Wildman–Crippen MR) is 302 cm³/mol. The van der Waals surface area contributed by atoms with Crippen molar-refractivity contribution in [3.8, 4) is 0 Å². The molecule has 0 saturated carbocycles. The summed E-state index contributed by atoms with van der Waals surface area (Å²) in [6.45, 7) is 6.93. The van der Waals surface area contributed by atoms with Crippen LogP contribution >= 0.6 is 0 Å². The molecular formula is C61H81N13O6. The van der Waals surface area contributed by atoms with E-state index < -0.39 is 42.3 Å². The van der Waals surface area contributed by atoms with Crippen LogP contribution in [-0.4, -0.2) is 125 Å². The van der Waals surface area contributed by atoms with Crippen LogP contribution < -0.4 is 26.6 Å². The van der Waals surface area contributed by atoms with Crippen LogP contribution in [0.4, 0.5) is 0 Å². The fraction of sp³-hybridized carbons (Fsp3) is 0.541. The van der Waals surface area contributed by atoms with Crippen LogP contribution in [0.2, 0.25) is 0 Å². The van der Waals surface area contributed by atoms with Gasteiger partial charge < -0.3 is 36.4 Å². The van der Waals surface area contributed by atoms with Crippen molar-refractivity contribution in [3.05, 3.63) is 131 Å². The number of hydrogen-bond acceptors (Lipinski definition) is 11. The van der Waals surface area contributed by atoms with Crippen LogP contribution in [0.25, 0.3) is 0 Å². The van der Waals surface area contributed by atoms with Crippen LogP contribution in [-0.2, 0) is 54.7 Å². The summed E-state index contributed by atoms with van der Waals surface area (Å²) in [5.41, 5.74) is 5.54. The summed E-state index contributed by atoms with van der Waals surface area (Å²) in [6.07, 6.45) is 17.0. The number of carbonyl (C=O) groups is 6. The molecule has 5 N–H and O–H groups in total. The lowest BCUT2D eigenvalue weighted by atomic mass is 10.0. The summed E-state index contributed by atoms with van der Waals surface area (Å²) >= 11 is 0. The van der Waals surface area contributed by atoms with E-state index >= 15 is 0 Å². The Kier molecular flexibility index (Phi) is 19.6. The van der Waals surface area contributed by atoms with E-state index in [-0.39, 0.29) is 53.4 Å². The van der Waals surface area contributed by atoms with E-state index in [4.69, 9.17) is 0 Å². The van der Waals surface area contributed by atoms with Gasteiger partial charge in [-0.05, 0) is 145 Å². The summed E-state index contributed by atoms with van der Waals surface area (Å²) < 4.78 is 3.68. The first-order valence-electron chi connectivity index (χ1n) is 29.4. The Morgan fingerprint density at radius 3 is 1.43 bits per heavy atom. The van der Waals surface area contributed by atoms with E-state index in [9.17, 15) is 28.8 Å². The van der Waals surface area contributed by atoms with Crippen molar-refractivity contribution in [1.82, 2.24) is 66.4 Å². The number of nitrogens with zero attached hydrogens (tertiary/aromatic N) is 8. The largest absolute Gasteiger partial charge is 0.344 e. The molecule has 19 heteroatoms. The molecule has 4 fully saturated rings. The maximum atomic E-state index is 14.2. The fourth-order valence-electron chi connectivity index (χ4n) is 12.0. The zero-order valence-electron chi connectivity index (χ0n) is 47.0. The third-order valence-corrected chi connectivity index (χ3v) is 17.1. The van der Waals surface area contributed by atoms with Gasteiger partial charge in [0.2, 0.25) is 35.4 Å². The van der Waals surface area contributed by atoms with Crippen molar-refractivity contribution in [3.63, 3.8) is 0 Å². The summed E-state index contributed by atoms with van der Waals surface area (Å²) in [7, 11) is 1.71. The number of aromatic nitrogens is 6. The van der Waals surface area contributed by atoms with Gasteiger partial charge in [-0.15, -0.1) is 10.2 Å². The number of unbranched alkanes of at least 4 members (excludes halogenated alkanes) is 2. The SMILES string of the molecule is CC[C@@H](C)C(=O)NC1CCCC2CC[C@@H](C(=O)N[C@@H](c3ccccc3)c3cn(CCCCc4ccc(CCCCn5cc([C@@H](NC(=O)C6CCC7CCCC(NC(=O)[C@H](C)NC)C(=O)N76)c6ccccc6)nn5)cc4)nn3)N2C1=O. The van der Waals surface area contributed by atoms with E-state index in [1.165, 1.54) is 11.1 Å². The molecule has 0 radical (unpaired) electrons. The Morgan fingerprint density at radius 2 is 1.00 bits per heavy atom. The first-order valence-corrected chi connectivity index (χ1v) is 29.4. The van der Waals surface area contributed by atoms with Crippen molar-refractivity contribution >= 4 is 35.4 Å². The summed E-state index contributed by atoms with van der Waals surface area (Å²) in [6, 6.07) is 24.1. The van der Waals surface area contributed by atoms with Gasteiger partial charge in [-0.2, -0.15) is 0 Å². The van der Waals surface area contributed by atoms with Crippen molar-refractivity contribution < 1.29 is 28.8 Å². The van der Waals surface area contributed by atoms with Gasteiger partial charge in [0.25, 0.3) is 0 Å². The average molecular weight is 1090 g/mol. The molecule has 5 unspecified atom stereocenters. The third kappa shape index (κ3) is 14.0. The maximum Gasteiger partial charge on any atom is 0.246 e. The molecule has 6 amide bonds.